The first-order valence-corrected chi connectivity index (χ1v) is 12.8. The second-order valence-electron chi connectivity index (χ2n) is 9.40. The minimum atomic E-state index is -0.343. The normalized spacial score (nSPS) is 12.4. The van der Waals surface area contributed by atoms with Crippen LogP contribution in [-0.4, -0.2) is 39.5 Å². The highest BCUT2D eigenvalue weighted by Gasteiger charge is 2.25. The standard InChI is InChI=1S/C30H28N6O3/c1-19-15-20(11-12-26(19)38-2)18-39-29-22(28(37)31-17-27-33-23-8-4-5-9-24(23)34-27)16-32-30(35-29)36-14-13-21-7-3-6-10-25(21)36/h3-12,15-16H,13-14,17-18H2,1-2H3,(H,31,37)(H,33,34). The van der Waals surface area contributed by atoms with Gasteiger partial charge in [-0.2, -0.15) is 4.98 Å². The van der Waals surface area contributed by atoms with E-state index in [2.05, 4.69) is 37.3 Å². The van der Waals surface area contributed by atoms with Crippen LogP contribution < -0.4 is 19.7 Å². The first-order valence-electron chi connectivity index (χ1n) is 12.8. The molecule has 9 nitrogen and oxygen atoms in total. The molecular weight excluding hydrogens is 492 g/mol. The fourth-order valence-electron chi connectivity index (χ4n) is 4.83. The molecule has 1 aliphatic heterocycles. The summed E-state index contributed by atoms with van der Waals surface area (Å²) >= 11 is 0. The van der Waals surface area contributed by atoms with Crippen LogP contribution in [0, 0.1) is 6.92 Å². The highest BCUT2D eigenvalue weighted by atomic mass is 16.5. The van der Waals surface area contributed by atoms with E-state index in [9.17, 15) is 4.79 Å². The summed E-state index contributed by atoms with van der Waals surface area (Å²) < 4.78 is 11.5. The summed E-state index contributed by atoms with van der Waals surface area (Å²) in [6.45, 7) is 3.20. The fraction of sp³-hybridized carbons (Fsp3) is 0.200. The number of aryl methyl sites for hydroxylation is 1. The molecule has 5 aromatic rings. The van der Waals surface area contributed by atoms with E-state index in [0.29, 0.717) is 11.8 Å². The minimum absolute atomic E-state index is 0.222. The van der Waals surface area contributed by atoms with Crippen molar-refractivity contribution in [3.05, 3.63) is 101 Å². The molecule has 0 aliphatic carbocycles. The number of methoxy groups -OCH3 is 1. The molecule has 0 radical (unpaired) electrons. The number of rotatable bonds is 8. The Bertz CT molecular complexity index is 1630. The van der Waals surface area contributed by atoms with E-state index in [4.69, 9.17) is 14.5 Å². The van der Waals surface area contributed by atoms with Gasteiger partial charge in [0.1, 0.15) is 23.7 Å². The van der Waals surface area contributed by atoms with E-state index in [1.807, 2.05) is 61.5 Å². The van der Waals surface area contributed by atoms with Crippen LogP contribution in [0.25, 0.3) is 11.0 Å². The number of benzene rings is 3. The van der Waals surface area contributed by atoms with Crippen LogP contribution in [0.1, 0.15) is 32.9 Å². The van der Waals surface area contributed by atoms with E-state index in [1.54, 1.807) is 7.11 Å². The maximum atomic E-state index is 13.3. The van der Waals surface area contributed by atoms with Gasteiger partial charge in [0.2, 0.25) is 11.8 Å². The van der Waals surface area contributed by atoms with Gasteiger partial charge in [-0.1, -0.05) is 36.4 Å². The number of anilines is 2. The summed E-state index contributed by atoms with van der Waals surface area (Å²) in [7, 11) is 1.65. The van der Waals surface area contributed by atoms with Crippen molar-refractivity contribution in [2.24, 2.45) is 0 Å². The monoisotopic (exact) mass is 520 g/mol. The number of aromatic amines is 1. The lowest BCUT2D eigenvalue weighted by Crippen LogP contribution is -2.25. The van der Waals surface area contributed by atoms with Crippen molar-refractivity contribution in [3.8, 4) is 11.6 Å². The van der Waals surface area contributed by atoms with Crippen LogP contribution >= 0.6 is 0 Å². The van der Waals surface area contributed by atoms with Crippen LogP contribution in [-0.2, 0) is 19.6 Å². The lowest BCUT2D eigenvalue weighted by atomic mass is 10.1. The Hall–Kier alpha value is -4.92. The topological polar surface area (TPSA) is 105 Å². The first kappa shape index (κ1) is 24.4. The van der Waals surface area contributed by atoms with Crippen molar-refractivity contribution < 1.29 is 14.3 Å². The molecule has 2 aromatic heterocycles. The summed E-state index contributed by atoms with van der Waals surface area (Å²) in [6.07, 6.45) is 2.44. The SMILES string of the molecule is COc1ccc(COc2nc(N3CCc4ccccc43)ncc2C(=O)NCc2nc3ccccc3[nH]2)cc1C. The second kappa shape index (κ2) is 10.4. The molecule has 1 aliphatic rings. The largest absolute Gasteiger partial charge is 0.496 e. The molecule has 2 N–H and O–H groups in total. The third-order valence-corrected chi connectivity index (χ3v) is 6.80. The summed E-state index contributed by atoms with van der Waals surface area (Å²) in [5.74, 6) is 1.84. The Labute approximate surface area is 225 Å². The third kappa shape index (κ3) is 4.98. The van der Waals surface area contributed by atoms with Crippen molar-refractivity contribution in [2.75, 3.05) is 18.6 Å². The lowest BCUT2D eigenvalue weighted by Gasteiger charge is -2.19. The molecule has 0 saturated carbocycles. The molecule has 3 aromatic carbocycles. The number of fused-ring (bicyclic) bond motifs is 2. The number of nitrogens with zero attached hydrogens (tertiary/aromatic N) is 4. The molecular formula is C30H28N6O3. The minimum Gasteiger partial charge on any atom is -0.496 e. The highest BCUT2D eigenvalue weighted by Crippen LogP contribution is 2.33. The maximum Gasteiger partial charge on any atom is 0.258 e. The molecule has 39 heavy (non-hydrogen) atoms. The fourth-order valence-corrected chi connectivity index (χ4v) is 4.83. The van der Waals surface area contributed by atoms with Gasteiger partial charge >= 0.3 is 0 Å². The molecule has 0 fully saturated rings. The van der Waals surface area contributed by atoms with Crippen molar-refractivity contribution in [2.45, 2.75) is 26.5 Å². The Morgan fingerprint density at radius 3 is 2.77 bits per heavy atom. The highest BCUT2D eigenvalue weighted by molar-refractivity contribution is 5.96. The van der Waals surface area contributed by atoms with Gasteiger partial charge in [-0.05, 0) is 60.4 Å². The number of H-pyrrole nitrogens is 1. The third-order valence-electron chi connectivity index (χ3n) is 6.80. The molecule has 0 saturated heterocycles. The molecule has 0 spiro atoms. The van der Waals surface area contributed by atoms with Gasteiger partial charge in [0.25, 0.3) is 5.91 Å². The quantitative estimate of drug-likeness (QED) is 0.301. The van der Waals surface area contributed by atoms with E-state index in [0.717, 1.165) is 46.6 Å². The number of hydrogen-bond acceptors (Lipinski definition) is 7. The smallest absolute Gasteiger partial charge is 0.258 e. The predicted octanol–water partition coefficient (Wildman–Crippen LogP) is 4.87. The van der Waals surface area contributed by atoms with E-state index < -0.39 is 0 Å². The number of aromatic nitrogens is 4. The zero-order valence-electron chi connectivity index (χ0n) is 21.8. The summed E-state index contributed by atoms with van der Waals surface area (Å²) in [5, 5.41) is 2.92. The number of amides is 1. The molecule has 9 heteroatoms. The molecule has 0 bridgehead atoms. The zero-order chi connectivity index (χ0) is 26.8. The zero-order valence-corrected chi connectivity index (χ0v) is 21.8. The molecule has 0 atom stereocenters. The molecule has 196 valence electrons. The Morgan fingerprint density at radius 2 is 1.92 bits per heavy atom. The van der Waals surface area contributed by atoms with Gasteiger partial charge in [0.05, 0.1) is 24.7 Å². The van der Waals surface area contributed by atoms with Gasteiger partial charge in [-0.15, -0.1) is 0 Å². The number of hydrogen-bond donors (Lipinski definition) is 2. The van der Waals surface area contributed by atoms with Crippen molar-refractivity contribution in [3.63, 3.8) is 0 Å². The van der Waals surface area contributed by atoms with E-state index in [1.165, 1.54) is 11.8 Å². The lowest BCUT2D eigenvalue weighted by molar-refractivity contribution is 0.0944. The van der Waals surface area contributed by atoms with Gasteiger partial charge < -0.3 is 24.7 Å². The average Bonchev–Trinajstić information content (AvgIpc) is 3.59. The number of carbonyl (C=O) groups excluding carboxylic acids is 1. The molecule has 0 unspecified atom stereocenters. The van der Waals surface area contributed by atoms with E-state index in [-0.39, 0.29) is 30.5 Å². The molecule has 3 heterocycles. The Kier molecular flexibility index (Phi) is 6.54. The van der Waals surface area contributed by atoms with Crippen molar-refractivity contribution in [1.29, 1.82) is 0 Å². The number of imidazole rings is 1. The first-order chi connectivity index (χ1) is 19.1. The number of ether oxygens (including phenoxy) is 2. The van der Waals surface area contributed by atoms with Gasteiger partial charge in [-0.3, -0.25) is 4.79 Å². The summed E-state index contributed by atoms with van der Waals surface area (Å²) in [6, 6.07) is 21.8. The Morgan fingerprint density at radius 1 is 1.08 bits per heavy atom. The van der Waals surface area contributed by atoms with Gasteiger partial charge in [0.15, 0.2) is 0 Å². The van der Waals surface area contributed by atoms with Crippen LogP contribution in [0.15, 0.2) is 72.9 Å². The summed E-state index contributed by atoms with van der Waals surface area (Å²) in [4.78, 5) is 32.4. The van der Waals surface area contributed by atoms with Crippen molar-refractivity contribution in [1.82, 2.24) is 25.3 Å². The maximum absolute atomic E-state index is 13.3. The number of para-hydroxylation sites is 3. The van der Waals surface area contributed by atoms with Crippen LogP contribution in [0.4, 0.5) is 11.6 Å². The number of carbonyl (C=O) groups is 1. The van der Waals surface area contributed by atoms with Crippen LogP contribution in [0.3, 0.4) is 0 Å². The molecule has 6 rings (SSSR count). The Balaban J connectivity index is 1.26. The molecule has 1 amide bonds. The number of nitrogens with one attached hydrogen (secondary N) is 2. The van der Waals surface area contributed by atoms with Gasteiger partial charge in [-0.25, -0.2) is 9.97 Å². The van der Waals surface area contributed by atoms with Gasteiger partial charge in [0, 0.05) is 18.4 Å². The van der Waals surface area contributed by atoms with Crippen LogP contribution in [0.5, 0.6) is 11.6 Å². The summed E-state index contributed by atoms with van der Waals surface area (Å²) in [5.41, 5.74) is 6.26. The second-order valence-corrected chi connectivity index (χ2v) is 9.40. The van der Waals surface area contributed by atoms with Crippen LogP contribution in [0.2, 0.25) is 0 Å². The predicted molar refractivity (Wildman–Crippen MR) is 149 cm³/mol. The average molecular weight is 521 g/mol. The van der Waals surface area contributed by atoms with Crippen molar-refractivity contribution >= 4 is 28.6 Å². The van der Waals surface area contributed by atoms with E-state index >= 15 is 0 Å².